The average Bonchev–Trinajstić information content (AvgIpc) is 2.77. The molecule has 1 fully saturated rings. The molecule has 0 spiro atoms. The van der Waals surface area contributed by atoms with Crippen molar-refractivity contribution in [1.82, 2.24) is 0 Å². The van der Waals surface area contributed by atoms with Crippen molar-refractivity contribution < 1.29 is 29.5 Å². The van der Waals surface area contributed by atoms with Crippen molar-refractivity contribution in [2.75, 3.05) is 13.2 Å². The monoisotopic (exact) mass is 414 g/mol. The maximum absolute atomic E-state index is 10.5. The van der Waals surface area contributed by atoms with Gasteiger partial charge in [-0.2, -0.15) is 0 Å². The Morgan fingerprint density at radius 3 is 2.33 bits per heavy atom. The standard InChI is InChI=1S/C24H30O6/c1-3-15-6-7-16(24-23(27)22(26)21(25)18(4-2)30-24)13-17(15)11-14-5-8-19-20(12-14)29-10-9-28-19/h5-8,12-13,18,21-27H,3-4,9-11H2,1-2H3/t18-,21-,22+,23-,24+/m1/s1. The number of benzene rings is 2. The van der Waals surface area contributed by atoms with Crippen LogP contribution in [0.1, 0.15) is 48.6 Å². The molecular weight excluding hydrogens is 384 g/mol. The van der Waals surface area contributed by atoms with E-state index in [0.29, 0.717) is 26.1 Å². The summed E-state index contributed by atoms with van der Waals surface area (Å²) in [6.07, 6.45) is -2.56. The molecule has 0 aromatic heterocycles. The van der Waals surface area contributed by atoms with Gasteiger partial charge in [-0.25, -0.2) is 0 Å². The number of aliphatic hydroxyl groups excluding tert-OH is 3. The molecule has 0 aliphatic carbocycles. The highest BCUT2D eigenvalue weighted by molar-refractivity contribution is 5.46. The van der Waals surface area contributed by atoms with E-state index in [9.17, 15) is 15.3 Å². The molecule has 30 heavy (non-hydrogen) atoms. The molecule has 162 valence electrons. The van der Waals surface area contributed by atoms with Crippen LogP contribution in [0.2, 0.25) is 0 Å². The van der Waals surface area contributed by atoms with Crippen LogP contribution in [0.25, 0.3) is 0 Å². The van der Waals surface area contributed by atoms with Crippen LogP contribution < -0.4 is 9.47 Å². The van der Waals surface area contributed by atoms with Crippen molar-refractivity contribution in [1.29, 1.82) is 0 Å². The predicted molar refractivity (Wildman–Crippen MR) is 112 cm³/mol. The Balaban J connectivity index is 1.62. The van der Waals surface area contributed by atoms with Crippen LogP contribution in [0.5, 0.6) is 11.5 Å². The van der Waals surface area contributed by atoms with Crippen LogP contribution in [0.4, 0.5) is 0 Å². The number of hydrogen-bond acceptors (Lipinski definition) is 6. The zero-order chi connectivity index (χ0) is 21.3. The van der Waals surface area contributed by atoms with Crippen LogP contribution in [0, 0.1) is 0 Å². The largest absolute Gasteiger partial charge is 0.486 e. The Hall–Kier alpha value is -2.12. The van der Waals surface area contributed by atoms with Gasteiger partial charge in [0.15, 0.2) is 11.5 Å². The highest BCUT2D eigenvalue weighted by Gasteiger charge is 2.43. The molecule has 2 aromatic rings. The fourth-order valence-electron chi connectivity index (χ4n) is 4.31. The van der Waals surface area contributed by atoms with Gasteiger partial charge in [0, 0.05) is 0 Å². The first-order chi connectivity index (χ1) is 14.5. The topological polar surface area (TPSA) is 88.4 Å². The summed E-state index contributed by atoms with van der Waals surface area (Å²) in [5.74, 6) is 1.54. The van der Waals surface area contributed by atoms with Gasteiger partial charge in [0.2, 0.25) is 0 Å². The molecule has 2 heterocycles. The maximum atomic E-state index is 10.5. The highest BCUT2D eigenvalue weighted by Crippen LogP contribution is 2.35. The summed E-state index contributed by atoms with van der Waals surface area (Å²) < 4.78 is 17.3. The van der Waals surface area contributed by atoms with Crippen LogP contribution >= 0.6 is 0 Å². The summed E-state index contributed by atoms with van der Waals surface area (Å²) in [5.41, 5.74) is 4.26. The third kappa shape index (κ3) is 4.05. The van der Waals surface area contributed by atoms with Crippen molar-refractivity contribution in [2.45, 2.75) is 63.6 Å². The molecule has 2 aliphatic rings. The van der Waals surface area contributed by atoms with E-state index in [2.05, 4.69) is 13.0 Å². The van der Waals surface area contributed by atoms with E-state index in [-0.39, 0.29) is 0 Å². The minimum absolute atomic E-state index is 0.513. The molecule has 0 unspecified atom stereocenters. The van der Waals surface area contributed by atoms with Gasteiger partial charge in [-0.3, -0.25) is 0 Å². The zero-order valence-electron chi connectivity index (χ0n) is 17.5. The molecule has 6 nitrogen and oxygen atoms in total. The second kappa shape index (κ2) is 8.94. The first kappa shape index (κ1) is 21.1. The fraction of sp³-hybridized carbons (Fsp3) is 0.500. The molecule has 2 aliphatic heterocycles. The van der Waals surface area contributed by atoms with Crippen molar-refractivity contribution in [3.8, 4) is 11.5 Å². The molecule has 0 amide bonds. The molecule has 0 radical (unpaired) electrons. The summed E-state index contributed by atoms with van der Waals surface area (Å²) in [6.45, 7) is 5.12. The van der Waals surface area contributed by atoms with Gasteiger partial charge in [0.1, 0.15) is 37.6 Å². The van der Waals surface area contributed by atoms with Gasteiger partial charge in [-0.15, -0.1) is 0 Å². The van der Waals surface area contributed by atoms with E-state index < -0.39 is 30.5 Å². The first-order valence-electron chi connectivity index (χ1n) is 10.7. The molecule has 1 saturated heterocycles. The molecule has 4 rings (SSSR count). The lowest BCUT2D eigenvalue weighted by Gasteiger charge is -2.40. The summed E-state index contributed by atoms with van der Waals surface area (Å²) in [4.78, 5) is 0. The Bertz CT molecular complexity index is 880. The minimum Gasteiger partial charge on any atom is -0.486 e. The average molecular weight is 414 g/mol. The third-order valence-electron chi connectivity index (χ3n) is 6.06. The van der Waals surface area contributed by atoms with E-state index in [1.165, 1.54) is 5.56 Å². The lowest BCUT2D eigenvalue weighted by molar-refractivity contribution is -0.225. The van der Waals surface area contributed by atoms with Crippen LogP contribution in [0.15, 0.2) is 36.4 Å². The lowest BCUT2D eigenvalue weighted by atomic mass is 9.88. The Labute approximate surface area is 177 Å². The van der Waals surface area contributed by atoms with Gasteiger partial charge < -0.3 is 29.5 Å². The van der Waals surface area contributed by atoms with Crippen LogP contribution in [-0.2, 0) is 17.6 Å². The third-order valence-corrected chi connectivity index (χ3v) is 6.06. The summed E-state index contributed by atoms with van der Waals surface area (Å²) >= 11 is 0. The van der Waals surface area contributed by atoms with Gasteiger partial charge in [-0.05, 0) is 53.6 Å². The van der Waals surface area contributed by atoms with Gasteiger partial charge in [0.25, 0.3) is 0 Å². The quantitative estimate of drug-likeness (QED) is 0.697. The summed E-state index contributed by atoms with van der Waals surface area (Å²) in [6, 6.07) is 12.0. The van der Waals surface area contributed by atoms with E-state index >= 15 is 0 Å². The molecule has 3 N–H and O–H groups in total. The smallest absolute Gasteiger partial charge is 0.161 e. The highest BCUT2D eigenvalue weighted by atomic mass is 16.6. The lowest BCUT2D eigenvalue weighted by Crippen LogP contribution is -2.53. The number of aryl methyl sites for hydroxylation is 1. The van der Waals surface area contributed by atoms with Crippen molar-refractivity contribution >= 4 is 0 Å². The molecule has 6 heteroatoms. The maximum Gasteiger partial charge on any atom is 0.161 e. The number of fused-ring (bicyclic) bond motifs is 1. The SMILES string of the molecule is CCc1ccc([C@@H]2O[C@H](CC)[C@@H](O)[C@H](O)[C@H]2O)cc1Cc1ccc2c(c1)OCCO2. The molecular formula is C24H30O6. The van der Waals surface area contributed by atoms with E-state index in [0.717, 1.165) is 34.6 Å². The van der Waals surface area contributed by atoms with Crippen molar-refractivity contribution in [3.05, 3.63) is 58.7 Å². The molecule has 2 aromatic carbocycles. The molecule has 0 bridgehead atoms. The van der Waals surface area contributed by atoms with Gasteiger partial charge >= 0.3 is 0 Å². The predicted octanol–water partition coefficient (Wildman–Crippen LogP) is 2.54. The number of hydrogen-bond donors (Lipinski definition) is 3. The second-order valence-electron chi connectivity index (χ2n) is 8.01. The normalized spacial score (nSPS) is 28.4. The van der Waals surface area contributed by atoms with E-state index in [1.807, 2.05) is 37.3 Å². The number of rotatable bonds is 5. The Morgan fingerprint density at radius 2 is 1.60 bits per heavy atom. The summed E-state index contributed by atoms with van der Waals surface area (Å²) in [5, 5.41) is 31.0. The van der Waals surface area contributed by atoms with Gasteiger partial charge in [-0.1, -0.05) is 38.1 Å². The van der Waals surface area contributed by atoms with Crippen LogP contribution in [0.3, 0.4) is 0 Å². The van der Waals surface area contributed by atoms with E-state index in [4.69, 9.17) is 14.2 Å². The molecule has 5 atom stereocenters. The number of ether oxygens (including phenoxy) is 3. The van der Waals surface area contributed by atoms with Gasteiger partial charge in [0.05, 0.1) is 6.10 Å². The van der Waals surface area contributed by atoms with Crippen molar-refractivity contribution in [3.63, 3.8) is 0 Å². The number of aliphatic hydroxyl groups is 3. The minimum atomic E-state index is -1.24. The Morgan fingerprint density at radius 1 is 0.833 bits per heavy atom. The molecule has 0 saturated carbocycles. The van der Waals surface area contributed by atoms with E-state index in [1.54, 1.807) is 0 Å². The fourth-order valence-corrected chi connectivity index (χ4v) is 4.31. The first-order valence-corrected chi connectivity index (χ1v) is 10.7. The summed E-state index contributed by atoms with van der Waals surface area (Å²) in [7, 11) is 0. The second-order valence-corrected chi connectivity index (χ2v) is 8.01. The van der Waals surface area contributed by atoms with Crippen molar-refractivity contribution in [2.24, 2.45) is 0 Å². The Kier molecular flexibility index (Phi) is 6.29. The van der Waals surface area contributed by atoms with Crippen LogP contribution in [-0.4, -0.2) is 52.9 Å². The zero-order valence-corrected chi connectivity index (χ0v) is 17.5.